The lowest BCUT2D eigenvalue weighted by molar-refractivity contribution is -0.136. The van der Waals surface area contributed by atoms with E-state index >= 15 is 0 Å². The Balaban J connectivity index is 2.74. The summed E-state index contributed by atoms with van der Waals surface area (Å²) in [5, 5.41) is 46.9. The molecule has 0 aliphatic carbocycles. The number of amides is 10. The minimum atomic E-state index is -1.66. The van der Waals surface area contributed by atoms with Gasteiger partial charge in [0, 0.05) is 24.9 Å². The number of hydrogen-bond acceptors (Lipinski definition) is 17. The second-order valence-corrected chi connectivity index (χ2v) is 20.5. The quantitative estimate of drug-likeness (QED) is 0.0485. The summed E-state index contributed by atoms with van der Waals surface area (Å²) in [6.45, 7) is 8.67. The summed E-state index contributed by atoms with van der Waals surface area (Å²) in [5.41, 5.74) is 29.3. The van der Waals surface area contributed by atoms with Crippen LogP contribution in [0.5, 0.6) is 0 Å². The summed E-state index contributed by atoms with van der Waals surface area (Å²) in [6.07, 6.45) is -3.63. The Morgan fingerprint density at radius 3 is 1.69 bits per heavy atom. The van der Waals surface area contributed by atoms with Gasteiger partial charge in [-0.1, -0.05) is 44.2 Å². The van der Waals surface area contributed by atoms with Gasteiger partial charge in [-0.25, -0.2) is 0 Å². The van der Waals surface area contributed by atoms with E-state index in [0.717, 1.165) is 0 Å². The first kappa shape index (κ1) is 66.8. The minimum absolute atomic E-state index is 0.00861. The smallest absolute Gasteiger partial charge is 0.245 e. The molecule has 77 heavy (non-hydrogen) atoms. The van der Waals surface area contributed by atoms with Crippen molar-refractivity contribution in [1.29, 1.82) is 0 Å². The number of rotatable bonds is 23. The first-order valence-corrected chi connectivity index (χ1v) is 26.2. The third-order valence-corrected chi connectivity index (χ3v) is 12.4. The van der Waals surface area contributed by atoms with E-state index in [9.17, 15) is 58.2 Å². The molecular formula is C50H87N15O12. The summed E-state index contributed by atoms with van der Waals surface area (Å²) in [7, 11) is 0. The van der Waals surface area contributed by atoms with Gasteiger partial charge in [-0.15, -0.1) is 0 Å². The molecule has 27 nitrogen and oxygen atoms in total. The number of nitrogens with one attached hydrogen (secondary N) is 10. The van der Waals surface area contributed by atoms with Gasteiger partial charge >= 0.3 is 0 Å². The molecule has 22 N–H and O–H groups in total. The number of nitrogens with two attached hydrogens (primary N) is 5. The van der Waals surface area contributed by atoms with Crippen molar-refractivity contribution >= 4 is 59.1 Å². The highest BCUT2D eigenvalue weighted by Gasteiger charge is 2.37. The SMILES string of the molecule is CC(C)C[C@@H]1NC(=O)[C@@H](Cc2ccccc2)NC(=O)[C@H](CCN)NC(=O)[C@@H](NC(=O)[C@H](CCN)NC(=O)[C@@H](NC(=O)CCC(C)(C)N)C(C)O)CCNC(=O)[C@H](C(C)O)NC(=O)[C@H](CCN)NC(=O)[C@H](CCCN)NC1=O. The van der Waals surface area contributed by atoms with E-state index in [-0.39, 0.29) is 89.9 Å². The molecule has 1 aromatic carbocycles. The first-order valence-electron chi connectivity index (χ1n) is 26.2. The standard InChI is InChI=1S/C50H87N15O12/c1-27(2)25-36-46(74)57-31(13-10-20-51)41(69)59-34(17-23-54)45(73)65-39(28(3)66)48(76)56-24-18-35(44(72)58-32(15-21-52)43(71)63-37(47(75)62-36)26-30-11-8-7-9-12-30)60-42(70)33(16-22-53)61-49(77)40(29(4)67)64-38(68)14-19-50(5,6)55/h7-9,11-12,27-29,31-37,39-40,66-67H,10,13-26,51-55H2,1-6H3,(H,56,76)(H,57,74)(H,58,72)(H,59,69)(H,60,70)(H,61,77)(H,62,75)(H,63,71)(H,64,68)(H,65,73)/t28?,29?,31-,32-,33-,34-,35-,36-,37+,39-,40-/m0/s1. The maximum atomic E-state index is 14.4. The zero-order valence-electron chi connectivity index (χ0n) is 45.3. The summed E-state index contributed by atoms with van der Waals surface area (Å²) in [4.78, 5) is 139. The monoisotopic (exact) mass is 1090 g/mol. The molecule has 0 bridgehead atoms. The maximum absolute atomic E-state index is 14.4. The summed E-state index contributed by atoms with van der Waals surface area (Å²) < 4.78 is 0. The molecule has 10 amide bonds. The van der Waals surface area contributed by atoms with Gasteiger partial charge in [-0.2, -0.15) is 0 Å². The van der Waals surface area contributed by atoms with Gasteiger partial charge < -0.3 is 92.0 Å². The van der Waals surface area contributed by atoms with Crippen LogP contribution >= 0.6 is 0 Å². The number of aliphatic hydroxyl groups excluding tert-OH is 2. The van der Waals surface area contributed by atoms with Crippen LogP contribution in [-0.2, 0) is 54.4 Å². The lowest BCUT2D eigenvalue weighted by Crippen LogP contribution is -2.61. The summed E-state index contributed by atoms with van der Waals surface area (Å²) in [5.74, 6) is -8.95. The third-order valence-electron chi connectivity index (χ3n) is 12.4. The summed E-state index contributed by atoms with van der Waals surface area (Å²) >= 11 is 0. The van der Waals surface area contributed by atoms with Gasteiger partial charge in [0.1, 0.15) is 54.4 Å². The average molecular weight is 1090 g/mol. The van der Waals surface area contributed by atoms with Crippen LogP contribution in [0, 0.1) is 5.92 Å². The van der Waals surface area contributed by atoms with E-state index in [4.69, 9.17) is 28.7 Å². The fourth-order valence-corrected chi connectivity index (χ4v) is 8.02. The van der Waals surface area contributed by atoms with E-state index in [1.807, 2.05) is 0 Å². The molecular weight excluding hydrogens is 1000 g/mol. The van der Waals surface area contributed by atoms with Crippen LogP contribution < -0.4 is 81.8 Å². The van der Waals surface area contributed by atoms with Crippen LogP contribution in [0.2, 0.25) is 0 Å². The Hall–Kier alpha value is -6.36. The van der Waals surface area contributed by atoms with Crippen molar-refractivity contribution in [3.8, 4) is 0 Å². The van der Waals surface area contributed by atoms with Crippen molar-refractivity contribution < 1.29 is 58.2 Å². The molecule has 1 aromatic rings. The average Bonchev–Trinajstić information content (AvgIpc) is 3.35. The van der Waals surface area contributed by atoms with E-state index in [1.165, 1.54) is 13.8 Å². The molecule has 434 valence electrons. The Morgan fingerprint density at radius 1 is 0.649 bits per heavy atom. The van der Waals surface area contributed by atoms with E-state index in [2.05, 4.69) is 53.2 Å². The molecule has 0 saturated carbocycles. The number of carbonyl (C=O) groups is 10. The van der Waals surface area contributed by atoms with Crippen LogP contribution in [0.15, 0.2) is 30.3 Å². The molecule has 27 heteroatoms. The molecule has 1 fully saturated rings. The van der Waals surface area contributed by atoms with Crippen molar-refractivity contribution in [2.24, 2.45) is 34.6 Å². The van der Waals surface area contributed by atoms with Crippen molar-refractivity contribution in [1.82, 2.24) is 53.2 Å². The Labute approximate surface area is 450 Å². The minimum Gasteiger partial charge on any atom is -0.391 e. The molecule has 2 rings (SSSR count). The van der Waals surface area contributed by atoms with Gasteiger partial charge in [-0.05, 0) is 117 Å². The van der Waals surface area contributed by atoms with Crippen LogP contribution in [0.3, 0.4) is 0 Å². The Bertz CT molecular complexity index is 2110. The zero-order chi connectivity index (χ0) is 58.0. The van der Waals surface area contributed by atoms with Crippen LogP contribution in [0.1, 0.15) is 105 Å². The molecule has 2 unspecified atom stereocenters. The normalized spacial score (nSPS) is 23.5. The number of carbonyl (C=O) groups excluding carboxylic acids is 10. The van der Waals surface area contributed by atoms with Crippen molar-refractivity contribution in [2.75, 3.05) is 32.7 Å². The highest BCUT2D eigenvalue weighted by molar-refractivity contribution is 5.99. The predicted octanol–water partition coefficient (Wildman–Crippen LogP) is -5.78. The molecule has 0 radical (unpaired) electrons. The fourth-order valence-electron chi connectivity index (χ4n) is 8.02. The predicted molar refractivity (Wildman–Crippen MR) is 285 cm³/mol. The van der Waals surface area contributed by atoms with Crippen LogP contribution in [0.25, 0.3) is 0 Å². The lowest BCUT2D eigenvalue weighted by atomic mass is 9.99. The molecule has 0 spiro atoms. The van der Waals surface area contributed by atoms with Gasteiger partial charge in [0.2, 0.25) is 59.1 Å². The Morgan fingerprint density at radius 2 is 1.17 bits per heavy atom. The topological polar surface area (TPSA) is 462 Å². The number of benzene rings is 1. The largest absolute Gasteiger partial charge is 0.391 e. The third kappa shape index (κ3) is 24.2. The zero-order valence-corrected chi connectivity index (χ0v) is 45.3. The lowest BCUT2D eigenvalue weighted by Gasteiger charge is -2.28. The van der Waals surface area contributed by atoms with Crippen LogP contribution in [0.4, 0.5) is 0 Å². The number of aliphatic hydroxyl groups is 2. The second-order valence-electron chi connectivity index (χ2n) is 20.5. The maximum Gasteiger partial charge on any atom is 0.245 e. The molecule has 1 heterocycles. The molecule has 1 saturated heterocycles. The van der Waals surface area contributed by atoms with Crippen molar-refractivity contribution in [3.05, 3.63) is 35.9 Å². The van der Waals surface area contributed by atoms with E-state index in [1.54, 1.807) is 58.0 Å². The van der Waals surface area contributed by atoms with Gasteiger partial charge in [-0.3, -0.25) is 47.9 Å². The van der Waals surface area contributed by atoms with Crippen LogP contribution in [-0.4, -0.2) is 174 Å². The second kappa shape index (κ2) is 33.7. The first-order chi connectivity index (χ1) is 36.2. The van der Waals surface area contributed by atoms with E-state index < -0.39 is 144 Å². The molecule has 11 atom stereocenters. The van der Waals surface area contributed by atoms with Crippen molar-refractivity contribution in [3.63, 3.8) is 0 Å². The summed E-state index contributed by atoms with van der Waals surface area (Å²) in [6, 6.07) is -4.52. The number of hydrogen-bond donors (Lipinski definition) is 17. The highest BCUT2D eigenvalue weighted by atomic mass is 16.3. The Kier molecular flexibility index (Phi) is 29.2. The molecule has 1 aliphatic heterocycles. The van der Waals surface area contributed by atoms with E-state index in [0.29, 0.717) is 5.56 Å². The van der Waals surface area contributed by atoms with Gasteiger partial charge in [0.05, 0.1) is 12.2 Å². The molecule has 0 aromatic heterocycles. The molecule has 1 aliphatic rings. The van der Waals surface area contributed by atoms with Gasteiger partial charge in [0.15, 0.2) is 0 Å². The highest BCUT2D eigenvalue weighted by Crippen LogP contribution is 2.12. The van der Waals surface area contributed by atoms with Crippen molar-refractivity contribution in [2.45, 2.75) is 178 Å². The van der Waals surface area contributed by atoms with Gasteiger partial charge in [0.25, 0.3) is 0 Å². The fraction of sp³-hybridized carbons (Fsp3) is 0.680.